The third kappa shape index (κ3) is 3.57. The lowest BCUT2D eigenvalue weighted by atomic mass is 9.86. The maximum atomic E-state index is 11.9. The van der Waals surface area contributed by atoms with Gasteiger partial charge in [-0.25, -0.2) is 24.7 Å². The molecule has 3 aromatic rings. The highest BCUT2D eigenvalue weighted by molar-refractivity contribution is 5.95. The molecular formula is C20H24N8O2. The fraction of sp³-hybridized carbons (Fsp3) is 0.350. The summed E-state index contributed by atoms with van der Waals surface area (Å²) in [6.07, 6.45) is 4.48. The van der Waals surface area contributed by atoms with Gasteiger partial charge in [0, 0.05) is 24.0 Å². The molecule has 0 radical (unpaired) electrons. The van der Waals surface area contributed by atoms with E-state index in [4.69, 9.17) is 16.2 Å². The molecule has 10 heteroatoms. The summed E-state index contributed by atoms with van der Waals surface area (Å²) in [5.41, 5.74) is 13.7. The van der Waals surface area contributed by atoms with Gasteiger partial charge in [-0.1, -0.05) is 13.8 Å². The van der Waals surface area contributed by atoms with Gasteiger partial charge in [0.2, 0.25) is 5.95 Å². The van der Waals surface area contributed by atoms with Crippen LogP contribution in [0, 0.1) is 0 Å². The number of nitrogens with one attached hydrogen (secondary N) is 1. The molecule has 0 atom stereocenters. The van der Waals surface area contributed by atoms with E-state index in [1.54, 1.807) is 18.5 Å². The van der Waals surface area contributed by atoms with Crippen molar-refractivity contribution in [2.75, 3.05) is 29.1 Å². The van der Waals surface area contributed by atoms with Crippen LogP contribution in [0.3, 0.4) is 0 Å². The minimum atomic E-state index is -0.452. The Balaban J connectivity index is 1.66. The average molecular weight is 408 g/mol. The van der Waals surface area contributed by atoms with E-state index in [2.05, 4.69) is 39.1 Å². The Morgan fingerprint density at radius 3 is 2.73 bits per heavy atom. The second kappa shape index (κ2) is 7.71. The molecule has 1 aliphatic heterocycles. The zero-order chi connectivity index (χ0) is 21.3. The first-order valence-electron chi connectivity index (χ1n) is 9.83. The number of rotatable bonds is 6. The highest BCUT2D eigenvalue weighted by Gasteiger charge is 2.26. The van der Waals surface area contributed by atoms with Gasteiger partial charge in [-0.3, -0.25) is 4.90 Å². The predicted octanol–water partition coefficient (Wildman–Crippen LogP) is 2.68. The van der Waals surface area contributed by atoms with Crippen LogP contribution in [-0.4, -0.2) is 39.2 Å². The number of carbonyl (C=O) groups is 1. The van der Waals surface area contributed by atoms with Gasteiger partial charge in [0.25, 0.3) is 0 Å². The van der Waals surface area contributed by atoms with E-state index in [9.17, 15) is 4.79 Å². The average Bonchev–Trinajstić information content (AvgIpc) is 3.19. The molecule has 0 unspecified atom stereocenters. The van der Waals surface area contributed by atoms with Crippen LogP contribution < -0.4 is 21.7 Å². The molecule has 1 fully saturated rings. The first kappa shape index (κ1) is 19.8. The summed E-state index contributed by atoms with van der Waals surface area (Å²) >= 11 is 0. The van der Waals surface area contributed by atoms with Crippen molar-refractivity contribution in [1.29, 1.82) is 0 Å². The monoisotopic (exact) mass is 408 g/mol. The Morgan fingerprint density at radius 2 is 2.03 bits per heavy atom. The molecule has 156 valence electrons. The quantitative estimate of drug-likeness (QED) is 0.560. The highest BCUT2D eigenvalue weighted by Crippen LogP contribution is 2.28. The predicted molar refractivity (Wildman–Crippen MR) is 114 cm³/mol. The van der Waals surface area contributed by atoms with Gasteiger partial charge in [0.05, 0.1) is 17.4 Å². The Labute approximate surface area is 173 Å². The number of nitrogens with two attached hydrogens (primary N) is 2. The lowest BCUT2D eigenvalue weighted by Crippen LogP contribution is -2.35. The summed E-state index contributed by atoms with van der Waals surface area (Å²) in [4.78, 5) is 30.8. The lowest BCUT2D eigenvalue weighted by molar-refractivity contribution is 0.181. The molecule has 0 bridgehead atoms. The number of hydrogen-bond donors (Lipinski definition) is 3. The summed E-state index contributed by atoms with van der Waals surface area (Å²) in [5, 5.41) is 3.71. The van der Waals surface area contributed by atoms with Crippen molar-refractivity contribution in [1.82, 2.24) is 19.9 Å². The van der Waals surface area contributed by atoms with Crippen molar-refractivity contribution in [3.63, 3.8) is 0 Å². The number of anilines is 4. The molecule has 10 nitrogen and oxygen atoms in total. The largest absolute Gasteiger partial charge is 0.447 e. The van der Waals surface area contributed by atoms with Crippen molar-refractivity contribution in [3.8, 4) is 0 Å². The minimum absolute atomic E-state index is 0.243. The molecule has 1 amide bonds. The summed E-state index contributed by atoms with van der Waals surface area (Å²) in [5.74, 6) is 1.58. The van der Waals surface area contributed by atoms with E-state index < -0.39 is 11.6 Å². The summed E-state index contributed by atoms with van der Waals surface area (Å²) in [6.45, 7) is 4.86. The van der Waals surface area contributed by atoms with E-state index in [1.807, 2.05) is 12.1 Å². The fourth-order valence-electron chi connectivity index (χ4n) is 3.42. The number of aromatic nitrogens is 4. The molecule has 0 aromatic carbocycles. The smallest absolute Gasteiger partial charge is 0.415 e. The lowest BCUT2D eigenvalue weighted by Gasteiger charge is -2.27. The SMILES string of the molecule is CCC(N)(CC)c1ccnc(Nc2ncc3c(N)nc(N4CCOC4=O)cc3n2)c1. The fourth-order valence-corrected chi connectivity index (χ4v) is 3.42. The highest BCUT2D eigenvalue weighted by atomic mass is 16.6. The van der Waals surface area contributed by atoms with E-state index in [-0.39, 0.29) is 5.82 Å². The summed E-state index contributed by atoms with van der Waals surface area (Å²) in [7, 11) is 0. The zero-order valence-electron chi connectivity index (χ0n) is 16.9. The van der Waals surface area contributed by atoms with Gasteiger partial charge in [-0.05, 0) is 30.5 Å². The van der Waals surface area contributed by atoms with Gasteiger partial charge in [-0.2, -0.15) is 0 Å². The zero-order valence-corrected chi connectivity index (χ0v) is 16.9. The van der Waals surface area contributed by atoms with Crippen molar-refractivity contribution >= 4 is 40.4 Å². The number of fused-ring (bicyclic) bond motifs is 1. The number of cyclic esters (lactones) is 1. The Morgan fingerprint density at radius 1 is 1.23 bits per heavy atom. The van der Waals surface area contributed by atoms with Gasteiger partial charge in [0.1, 0.15) is 24.1 Å². The topological polar surface area (TPSA) is 145 Å². The number of nitrogens with zero attached hydrogens (tertiary/aromatic N) is 5. The van der Waals surface area contributed by atoms with Crippen molar-refractivity contribution in [2.45, 2.75) is 32.2 Å². The van der Waals surface area contributed by atoms with Crippen LogP contribution in [0.15, 0.2) is 30.6 Å². The number of amides is 1. The first-order valence-corrected chi connectivity index (χ1v) is 9.83. The molecule has 0 saturated carbocycles. The second-order valence-electron chi connectivity index (χ2n) is 7.18. The van der Waals surface area contributed by atoms with Gasteiger partial charge >= 0.3 is 6.09 Å². The molecule has 30 heavy (non-hydrogen) atoms. The molecule has 0 aliphatic carbocycles. The van der Waals surface area contributed by atoms with Crippen LogP contribution in [0.25, 0.3) is 10.9 Å². The van der Waals surface area contributed by atoms with E-state index in [0.29, 0.717) is 41.6 Å². The van der Waals surface area contributed by atoms with E-state index in [1.165, 1.54) is 4.90 Å². The molecule has 3 aromatic heterocycles. The molecule has 4 heterocycles. The maximum absolute atomic E-state index is 11.9. The van der Waals surface area contributed by atoms with Crippen LogP contribution in [-0.2, 0) is 10.3 Å². The van der Waals surface area contributed by atoms with Crippen molar-refractivity contribution < 1.29 is 9.53 Å². The van der Waals surface area contributed by atoms with Gasteiger partial charge in [0.15, 0.2) is 0 Å². The van der Waals surface area contributed by atoms with Crippen molar-refractivity contribution in [3.05, 3.63) is 36.2 Å². The van der Waals surface area contributed by atoms with Gasteiger partial charge in [-0.15, -0.1) is 0 Å². The molecule has 0 spiro atoms. The van der Waals surface area contributed by atoms with E-state index in [0.717, 1.165) is 18.4 Å². The first-order chi connectivity index (χ1) is 14.4. The normalized spacial score (nSPS) is 14.2. The van der Waals surface area contributed by atoms with Crippen LogP contribution in [0.4, 0.5) is 28.2 Å². The van der Waals surface area contributed by atoms with E-state index >= 15 is 0 Å². The number of carbonyl (C=O) groups excluding carboxylic acids is 1. The molecule has 1 saturated heterocycles. The summed E-state index contributed by atoms with van der Waals surface area (Å²) < 4.78 is 4.97. The van der Waals surface area contributed by atoms with Gasteiger partial charge < -0.3 is 21.5 Å². The standard InChI is InChI=1S/C20H24N8O2/c1-3-20(22,4-2)12-5-6-23-15(9-12)26-18-24-11-13-14(25-18)10-16(27-17(13)21)28-7-8-30-19(28)29/h5-6,9-11H,3-4,7-8,22H2,1-2H3,(H2,21,27)(H,23,24,25,26). The Bertz CT molecular complexity index is 1100. The third-order valence-electron chi connectivity index (χ3n) is 5.47. The molecule has 4 rings (SSSR count). The minimum Gasteiger partial charge on any atom is -0.447 e. The Kier molecular flexibility index (Phi) is 5.08. The Hall–Kier alpha value is -3.53. The summed E-state index contributed by atoms with van der Waals surface area (Å²) in [6, 6.07) is 5.52. The third-order valence-corrected chi connectivity index (χ3v) is 5.47. The number of nitrogen functional groups attached to an aromatic ring is 1. The molecule has 5 N–H and O–H groups in total. The van der Waals surface area contributed by atoms with Crippen LogP contribution >= 0.6 is 0 Å². The van der Waals surface area contributed by atoms with Crippen LogP contribution in [0.1, 0.15) is 32.3 Å². The number of pyridine rings is 2. The molecular weight excluding hydrogens is 384 g/mol. The maximum Gasteiger partial charge on any atom is 0.415 e. The second-order valence-corrected chi connectivity index (χ2v) is 7.18. The molecule has 1 aliphatic rings. The van der Waals surface area contributed by atoms with Crippen LogP contribution in [0.5, 0.6) is 0 Å². The van der Waals surface area contributed by atoms with Crippen LogP contribution in [0.2, 0.25) is 0 Å². The van der Waals surface area contributed by atoms with Crippen molar-refractivity contribution in [2.24, 2.45) is 5.73 Å². The number of ether oxygens (including phenoxy) is 1. The number of hydrogen-bond acceptors (Lipinski definition) is 9.